The molecule has 0 saturated carbocycles. The van der Waals surface area contributed by atoms with Gasteiger partial charge in [-0.05, 0) is 35.4 Å². The Morgan fingerprint density at radius 1 is 0.889 bits per heavy atom. The van der Waals surface area contributed by atoms with Gasteiger partial charge in [0.15, 0.2) is 0 Å². The standard InChI is InChI=1S/C14H14ClNO2/c1-17-11-5-10(6-12(8-11)18-2)9-3-4-14(16)13(15)7-9/h3-8H,16H2,1-2H3. The summed E-state index contributed by atoms with van der Waals surface area (Å²) in [5.41, 5.74) is 8.19. The molecule has 0 heterocycles. The lowest BCUT2D eigenvalue weighted by Crippen LogP contribution is -1.90. The molecule has 18 heavy (non-hydrogen) atoms. The van der Waals surface area contributed by atoms with Gasteiger partial charge in [-0.2, -0.15) is 0 Å². The Bertz CT molecular complexity index is 547. The van der Waals surface area contributed by atoms with Gasteiger partial charge in [-0.25, -0.2) is 0 Å². The number of nitrogen functional groups attached to an aromatic ring is 1. The molecule has 2 N–H and O–H groups in total. The normalized spacial score (nSPS) is 10.2. The number of nitrogens with two attached hydrogens (primary N) is 1. The second-order valence-electron chi connectivity index (χ2n) is 3.84. The maximum Gasteiger partial charge on any atom is 0.123 e. The van der Waals surface area contributed by atoms with Crippen LogP contribution in [0.1, 0.15) is 0 Å². The monoisotopic (exact) mass is 263 g/mol. The molecule has 0 unspecified atom stereocenters. The molecule has 2 aromatic rings. The van der Waals surface area contributed by atoms with E-state index in [4.69, 9.17) is 26.8 Å². The second-order valence-corrected chi connectivity index (χ2v) is 4.24. The van der Waals surface area contributed by atoms with Gasteiger partial charge in [0.05, 0.1) is 24.9 Å². The van der Waals surface area contributed by atoms with E-state index >= 15 is 0 Å². The maximum atomic E-state index is 6.02. The Labute approximate surface area is 111 Å². The number of hydrogen-bond donors (Lipinski definition) is 1. The first-order valence-corrected chi connectivity index (χ1v) is 5.80. The van der Waals surface area contributed by atoms with Crippen molar-refractivity contribution >= 4 is 17.3 Å². The van der Waals surface area contributed by atoms with Crippen molar-refractivity contribution in [2.45, 2.75) is 0 Å². The van der Waals surface area contributed by atoms with Crippen LogP contribution in [0.5, 0.6) is 11.5 Å². The average Bonchev–Trinajstić information content (AvgIpc) is 2.41. The molecular formula is C14H14ClNO2. The van der Waals surface area contributed by atoms with Gasteiger partial charge in [0.2, 0.25) is 0 Å². The number of rotatable bonds is 3. The van der Waals surface area contributed by atoms with Gasteiger partial charge < -0.3 is 15.2 Å². The van der Waals surface area contributed by atoms with Crippen LogP contribution in [0.3, 0.4) is 0 Å². The van der Waals surface area contributed by atoms with E-state index in [2.05, 4.69) is 0 Å². The van der Waals surface area contributed by atoms with Crippen molar-refractivity contribution in [1.82, 2.24) is 0 Å². The minimum atomic E-state index is 0.536. The van der Waals surface area contributed by atoms with Crippen LogP contribution < -0.4 is 15.2 Å². The van der Waals surface area contributed by atoms with Gasteiger partial charge in [0.25, 0.3) is 0 Å². The smallest absolute Gasteiger partial charge is 0.123 e. The van der Waals surface area contributed by atoms with Crippen LogP contribution in [0.25, 0.3) is 11.1 Å². The summed E-state index contributed by atoms with van der Waals surface area (Å²) < 4.78 is 10.5. The molecule has 0 bridgehead atoms. The minimum absolute atomic E-state index is 0.536. The van der Waals surface area contributed by atoms with E-state index in [1.165, 1.54) is 0 Å². The van der Waals surface area contributed by atoms with Gasteiger partial charge in [0.1, 0.15) is 11.5 Å². The van der Waals surface area contributed by atoms with Gasteiger partial charge in [0, 0.05) is 6.07 Å². The molecule has 4 heteroatoms. The lowest BCUT2D eigenvalue weighted by Gasteiger charge is -2.09. The summed E-state index contributed by atoms with van der Waals surface area (Å²) in [6.07, 6.45) is 0. The zero-order chi connectivity index (χ0) is 13.1. The lowest BCUT2D eigenvalue weighted by atomic mass is 10.0. The Balaban J connectivity index is 2.51. The highest BCUT2D eigenvalue weighted by atomic mass is 35.5. The molecule has 2 rings (SSSR count). The molecule has 2 aromatic carbocycles. The van der Waals surface area contributed by atoms with Crippen molar-refractivity contribution in [3.05, 3.63) is 41.4 Å². The third-order valence-electron chi connectivity index (χ3n) is 2.69. The first-order valence-electron chi connectivity index (χ1n) is 5.42. The molecule has 94 valence electrons. The van der Waals surface area contributed by atoms with E-state index in [9.17, 15) is 0 Å². The van der Waals surface area contributed by atoms with Crippen molar-refractivity contribution in [2.75, 3.05) is 20.0 Å². The van der Waals surface area contributed by atoms with Crippen molar-refractivity contribution in [1.29, 1.82) is 0 Å². The van der Waals surface area contributed by atoms with E-state index in [0.29, 0.717) is 10.7 Å². The van der Waals surface area contributed by atoms with Gasteiger partial charge in [-0.3, -0.25) is 0 Å². The lowest BCUT2D eigenvalue weighted by molar-refractivity contribution is 0.394. The third-order valence-corrected chi connectivity index (χ3v) is 3.01. The summed E-state index contributed by atoms with van der Waals surface area (Å²) in [5, 5.41) is 0.536. The number of benzene rings is 2. The molecule has 0 saturated heterocycles. The summed E-state index contributed by atoms with van der Waals surface area (Å²) in [7, 11) is 3.24. The number of anilines is 1. The van der Waals surface area contributed by atoms with Crippen LogP contribution in [-0.4, -0.2) is 14.2 Å². The van der Waals surface area contributed by atoms with Crippen LogP contribution in [0.4, 0.5) is 5.69 Å². The fourth-order valence-electron chi connectivity index (χ4n) is 1.68. The number of halogens is 1. The molecule has 0 fully saturated rings. The Morgan fingerprint density at radius 2 is 1.50 bits per heavy atom. The summed E-state index contributed by atoms with van der Waals surface area (Å²) >= 11 is 6.02. The highest BCUT2D eigenvalue weighted by Crippen LogP contribution is 2.32. The molecule has 0 aromatic heterocycles. The highest BCUT2D eigenvalue weighted by molar-refractivity contribution is 6.33. The topological polar surface area (TPSA) is 44.5 Å². The third kappa shape index (κ3) is 2.51. The van der Waals surface area contributed by atoms with Crippen molar-refractivity contribution < 1.29 is 9.47 Å². The van der Waals surface area contributed by atoms with E-state index < -0.39 is 0 Å². The number of ether oxygens (including phenoxy) is 2. The molecule has 3 nitrogen and oxygen atoms in total. The fourth-order valence-corrected chi connectivity index (χ4v) is 1.86. The molecule has 0 aliphatic heterocycles. The number of methoxy groups -OCH3 is 2. The summed E-state index contributed by atoms with van der Waals surface area (Å²) in [4.78, 5) is 0. The van der Waals surface area contributed by atoms with Crippen LogP contribution in [0.15, 0.2) is 36.4 Å². The molecule has 0 amide bonds. The zero-order valence-electron chi connectivity index (χ0n) is 10.2. The maximum absolute atomic E-state index is 6.02. The highest BCUT2D eigenvalue weighted by Gasteiger charge is 2.06. The Hall–Kier alpha value is -1.87. The van der Waals surface area contributed by atoms with Crippen LogP contribution in [0.2, 0.25) is 5.02 Å². The second kappa shape index (κ2) is 5.19. The first-order chi connectivity index (χ1) is 8.63. The fraction of sp³-hybridized carbons (Fsp3) is 0.143. The van der Waals surface area contributed by atoms with Gasteiger partial charge in [-0.15, -0.1) is 0 Å². The SMILES string of the molecule is COc1cc(OC)cc(-c2ccc(N)c(Cl)c2)c1. The molecule has 0 radical (unpaired) electrons. The van der Waals surface area contributed by atoms with E-state index in [1.807, 2.05) is 30.3 Å². The van der Waals surface area contributed by atoms with E-state index in [1.54, 1.807) is 20.3 Å². The van der Waals surface area contributed by atoms with Gasteiger partial charge >= 0.3 is 0 Å². The predicted octanol–water partition coefficient (Wildman–Crippen LogP) is 3.61. The van der Waals surface area contributed by atoms with Crippen molar-refractivity contribution in [3.63, 3.8) is 0 Å². The summed E-state index contributed by atoms with van der Waals surface area (Å²) in [6, 6.07) is 11.2. The van der Waals surface area contributed by atoms with Crippen LogP contribution >= 0.6 is 11.6 Å². The largest absolute Gasteiger partial charge is 0.497 e. The zero-order valence-corrected chi connectivity index (χ0v) is 11.0. The predicted molar refractivity (Wildman–Crippen MR) is 74.4 cm³/mol. The van der Waals surface area contributed by atoms with E-state index in [0.717, 1.165) is 22.6 Å². The average molecular weight is 264 g/mol. The van der Waals surface area contributed by atoms with Crippen LogP contribution in [0, 0.1) is 0 Å². The molecule has 0 aliphatic carbocycles. The van der Waals surface area contributed by atoms with E-state index in [-0.39, 0.29) is 0 Å². The molecule has 0 aliphatic rings. The molecule has 0 atom stereocenters. The molecule has 0 spiro atoms. The van der Waals surface area contributed by atoms with Gasteiger partial charge in [-0.1, -0.05) is 17.7 Å². The summed E-state index contributed by atoms with van der Waals surface area (Å²) in [5.74, 6) is 1.47. The minimum Gasteiger partial charge on any atom is -0.497 e. The summed E-state index contributed by atoms with van der Waals surface area (Å²) in [6.45, 7) is 0. The van der Waals surface area contributed by atoms with Crippen molar-refractivity contribution in [2.24, 2.45) is 0 Å². The quantitative estimate of drug-likeness (QED) is 0.861. The van der Waals surface area contributed by atoms with Crippen molar-refractivity contribution in [3.8, 4) is 22.6 Å². The Morgan fingerprint density at radius 3 is 2.00 bits per heavy atom. The van der Waals surface area contributed by atoms with Crippen LogP contribution in [-0.2, 0) is 0 Å². The first kappa shape index (κ1) is 12.6. The number of hydrogen-bond acceptors (Lipinski definition) is 3. The molecular weight excluding hydrogens is 250 g/mol. The Kier molecular flexibility index (Phi) is 3.63.